The van der Waals surface area contributed by atoms with Crippen LogP contribution in [0, 0.1) is 0 Å². The number of fused-ring (bicyclic) bond motifs is 1. The van der Waals surface area contributed by atoms with E-state index in [1.54, 1.807) is 13.0 Å². The summed E-state index contributed by atoms with van der Waals surface area (Å²) in [6.45, 7) is 6.56. The molecule has 0 saturated heterocycles. The van der Waals surface area contributed by atoms with Crippen LogP contribution in [0.3, 0.4) is 0 Å². The average molecular weight is 653 g/mol. The number of aromatic hydroxyl groups is 1. The van der Waals surface area contributed by atoms with E-state index in [0.717, 1.165) is 16.4 Å². The fourth-order valence-electron chi connectivity index (χ4n) is 4.23. The van der Waals surface area contributed by atoms with Crippen LogP contribution >= 0.6 is 0 Å². The first kappa shape index (κ1) is 32.6. The van der Waals surface area contributed by atoms with Crippen molar-refractivity contribution in [3.05, 3.63) is 84.9 Å². The van der Waals surface area contributed by atoms with Gasteiger partial charge in [0.15, 0.2) is 0 Å². The van der Waals surface area contributed by atoms with E-state index in [2.05, 4.69) is 27.4 Å². The molecule has 6 N–H and O–H groups in total. The van der Waals surface area contributed by atoms with Gasteiger partial charge in [0, 0.05) is 23.9 Å². The molecular weight excluding hydrogens is 624 g/mol. The minimum Gasteiger partial charge on any atom is -0.507 e. The van der Waals surface area contributed by atoms with Crippen LogP contribution in [0.2, 0.25) is 0 Å². The van der Waals surface area contributed by atoms with Gasteiger partial charge in [-0.2, -0.15) is 8.42 Å². The highest BCUT2D eigenvalue weighted by Gasteiger charge is 2.27. The van der Waals surface area contributed by atoms with E-state index in [9.17, 15) is 36.1 Å². The summed E-state index contributed by atoms with van der Waals surface area (Å²) in [5.41, 5.74) is 6.75. The van der Waals surface area contributed by atoms with Gasteiger partial charge < -0.3 is 16.2 Å². The Labute approximate surface area is 258 Å². The molecule has 0 heterocycles. The first-order chi connectivity index (χ1) is 21.1. The van der Waals surface area contributed by atoms with Gasteiger partial charge in [0.1, 0.15) is 22.0 Å². The number of rotatable bonds is 9. The lowest BCUT2D eigenvalue weighted by atomic mass is 10.1. The predicted molar refractivity (Wildman–Crippen MR) is 169 cm³/mol. The predicted octanol–water partition coefficient (Wildman–Crippen LogP) is 5.23. The number of nitrogen functional groups attached to an aromatic ring is 1. The molecule has 4 aromatic rings. The molecular formula is C29H28N6O8S2. The fourth-order valence-corrected chi connectivity index (χ4v) is 6.36. The molecule has 14 nitrogen and oxygen atoms in total. The van der Waals surface area contributed by atoms with Gasteiger partial charge in [0.05, 0.1) is 21.7 Å². The number of hydrogen-bond acceptors (Lipinski definition) is 10. The maximum atomic E-state index is 13.9. The maximum Gasteiger partial charge on any atom is 0.326 e. The second-order valence-corrected chi connectivity index (χ2v) is 12.8. The molecule has 4 rings (SSSR count). The molecule has 0 spiro atoms. The molecule has 0 bridgehead atoms. The number of benzene rings is 4. The zero-order valence-corrected chi connectivity index (χ0v) is 25.6. The number of nitrogens with two attached hydrogens (primary N) is 1. The molecule has 0 fully saturated rings. The third-order valence-electron chi connectivity index (χ3n) is 6.38. The minimum absolute atomic E-state index is 0.0222. The van der Waals surface area contributed by atoms with Gasteiger partial charge in [0.2, 0.25) is 0 Å². The Morgan fingerprint density at radius 2 is 1.64 bits per heavy atom. The van der Waals surface area contributed by atoms with Crippen molar-refractivity contribution in [3.63, 3.8) is 0 Å². The molecule has 0 aliphatic heterocycles. The van der Waals surface area contributed by atoms with E-state index < -0.39 is 42.7 Å². The number of nitrogens with one attached hydrogen (secondary N) is 2. The number of amides is 3. The number of azo groups is 1. The highest BCUT2D eigenvalue weighted by Crippen LogP contribution is 2.41. The highest BCUT2D eigenvalue weighted by molar-refractivity contribution is 7.93. The normalized spacial score (nSPS) is 11.8. The largest absolute Gasteiger partial charge is 0.507 e. The van der Waals surface area contributed by atoms with Gasteiger partial charge in [0.25, 0.3) is 26.0 Å². The number of imide groups is 1. The van der Waals surface area contributed by atoms with Crippen molar-refractivity contribution in [1.82, 2.24) is 5.32 Å². The lowest BCUT2D eigenvalue weighted by molar-refractivity contribution is -0.116. The molecule has 3 amide bonds. The van der Waals surface area contributed by atoms with E-state index in [-0.39, 0.29) is 50.5 Å². The average Bonchev–Trinajstić information content (AvgIpc) is 2.97. The van der Waals surface area contributed by atoms with Gasteiger partial charge >= 0.3 is 6.03 Å². The minimum atomic E-state index is -4.62. The molecule has 234 valence electrons. The van der Waals surface area contributed by atoms with Crippen LogP contribution in [0.5, 0.6) is 5.75 Å². The Balaban J connectivity index is 1.67. The number of urea groups is 1. The summed E-state index contributed by atoms with van der Waals surface area (Å²) in [7, 11) is -8.85. The van der Waals surface area contributed by atoms with Crippen LogP contribution < -0.4 is 20.7 Å². The molecule has 45 heavy (non-hydrogen) atoms. The van der Waals surface area contributed by atoms with Gasteiger partial charge in [-0.3, -0.25) is 19.0 Å². The van der Waals surface area contributed by atoms with Crippen molar-refractivity contribution in [1.29, 1.82) is 0 Å². The van der Waals surface area contributed by atoms with Gasteiger partial charge in [-0.25, -0.2) is 13.2 Å². The molecule has 4 aromatic carbocycles. The zero-order chi connectivity index (χ0) is 33.1. The van der Waals surface area contributed by atoms with Crippen molar-refractivity contribution in [2.45, 2.75) is 23.6 Å². The molecule has 0 aliphatic rings. The number of anilines is 3. The number of nitrogens with zero attached hydrogens (tertiary/aromatic N) is 3. The number of sulfonamides is 1. The maximum absolute atomic E-state index is 13.9. The fraction of sp³-hybridized carbons (Fsp3) is 0.103. The zero-order valence-electron chi connectivity index (χ0n) is 23.9. The van der Waals surface area contributed by atoms with Crippen LogP contribution in [0.4, 0.5) is 33.2 Å². The van der Waals surface area contributed by atoms with Crippen LogP contribution in [0.15, 0.2) is 105 Å². The summed E-state index contributed by atoms with van der Waals surface area (Å²) < 4.78 is 61.4. The monoisotopic (exact) mass is 652 g/mol. The number of carbonyl (C=O) groups excluding carboxylic acids is 2. The Morgan fingerprint density at radius 1 is 0.978 bits per heavy atom. The second-order valence-electron chi connectivity index (χ2n) is 9.59. The van der Waals surface area contributed by atoms with Gasteiger partial charge in [-0.1, -0.05) is 24.8 Å². The molecule has 16 heteroatoms. The standard InChI is InChI=1S/C29H28N6O8S2/c1-4-35(20-12-10-19(11-13-20)31-29(38)32-28(37)17(2)3)44(39,40)25-8-6-5-7-23(25)33-34-27-22(30)14-9-18-15-21(45(41,42)43)16-24(36)26(18)27/h5-16,36H,2,4,30H2,1,3H3,(H,41,42,43)(H2,31,32,37,38). The van der Waals surface area contributed by atoms with Crippen molar-refractivity contribution in [2.75, 3.05) is 21.9 Å². The van der Waals surface area contributed by atoms with E-state index in [1.807, 2.05) is 0 Å². The lowest BCUT2D eigenvalue weighted by Crippen LogP contribution is -2.34. The van der Waals surface area contributed by atoms with Crippen molar-refractivity contribution >= 4 is 71.3 Å². The number of carbonyl (C=O) groups is 2. The number of hydrogen-bond donors (Lipinski definition) is 5. The third kappa shape index (κ3) is 7.09. The van der Waals surface area contributed by atoms with Crippen LogP contribution in [-0.4, -0.2) is 45.0 Å². The van der Waals surface area contributed by atoms with Crippen molar-refractivity contribution < 1.29 is 36.1 Å². The molecule has 0 unspecified atom stereocenters. The molecule has 0 atom stereocenters. The Kier molecular flexibility index (Phi) is 9.22. The molecule has 0 aromatic heterocycles. The number of phenols is 1. The molecule has 0 saturated carbocycles. The SMILES string of the molecule is C=C(C)C(=O)NC(=O)Nc1ccc(N(CC)S(=O)(=O)c2ccccc2N=Nc2c(N)ccc3cc(S(=O)(=O)O)cc(O)c23)cc1. The smallest absolute Gasteiger partial charge is 0.326 e. The second kappa shape index (κ2) is 12.7. The molecule has 0 radical (unpaired) electrons. The summed E-state index contributed by atoms with van der Waals surface area (Å²) >= 11 is 0. The van der Waals surface area contributed by atoms with Gasteiger partial charge in [-0.15, -0.1) is 10.2 Å². The van der Waals surface area contributed by atoms with E-state index >= 15 is 0 Å². The highest BCUT2D eigenvalue weighted by atomic mass is 32.2. The Morgan fingerprint density at radius 3 is 2.27 bits per heavy atom. The first-order valence-electron chi connectivity index (χ1n) is 13.1. The summed E-state index contributed by atoms with van der Waals surface area (Å²) in [6, 6.07) is 15.7. The Bertz CT molecular complexity index is 2080. The summed E-state index contributed by atoms with van der Waals surface area (Å²) in [6.07, 6.45) is 0. The summed E-state index contributed by atoms with van der Waals surface area (Å²) in [4.78, 5) is 23.0. The topological polar surface area (TPSA) is 221 Å². The third-order valence-corrected chi connectivity index (χ3v) is 9.16. The quantitative estimate of drug-likeness (QED) is 0.0690. The van der Waals surface area contributed by atoms with E-state index in [1.165, 1.54) is 61.5 Å². The lowest BCUT2D eigenvalue weighted by Gasteiger charge is -2.23. The van der Waals surface area contributed by atoms with Crippen LogP contribution in [0.25, 0.3) is 10.8 Å². The first-order valence-corrected chi connectivity index (χ1v) is 16.0. The van der Waals surface area contributed by atoms with Crippen molar-refractivity contribution in [2.24, 2.45) is 10.2 Å². The summed E-state index contributed by atoms with van der Waals surface area (Å²) in [5, 5.41) is 23.6. The Hall–Kier alpha value is -5.32. The number of phenolic OH excluding ortho intramolecular Hbond substituents is 1. The van der Waals surface area contributed by atoms with Crippen LogP contribution in [0.1, 0.15) is 13.8 Å². The van der Waals surface area contributed by atoms with E-state index in [4.69, 9.17) is 5.73 Å². The van der Waals surface area contributed by atoms with E-state index in [0.29, 0.717) is 5.69 Å². The summed E-state index contributed by atoms with van der Waals surface area (Å²) in [5.74, 6) is -1.19. The van der Waals surface area contributed by atoms with Crippen molar-refractivity contribution in [3.8, 4) is 5.75 Å². The van der Waals surface area contributed by atoms with Gasteiger partial charge in [-0.05, 0) is 67.8 Å². The van der Waals surface area contributed by atoms with Crippen LogP contribution in [-0.2, 0) is 24.9 Å². The molecule has 0 aliphatic carbocycles.